The maximum atomic E-state index is 4.68. The zero-order valence-corrected chi connectivity index (χ0v) is 14.3. The molecular formula is C17H26N6. The van der Waals surface area contributed by atoms with E-state index < -0.39 is 0 Å². The summed E-state index contributed by atoms with van der Waals surface area (Å²) in [5, 5.41) is 7.57. The number of hydrogen-bond acceptors (Lipinski definition) is 5. The van der Waals surface area contributed by atoms with Crippen LogP contribution >= 0.6 is 0 Å². The maximum absolute atomic E-state index is 4.68. The second-order valence-corrected chi connectivity index (χ2v) is 6.22. The Bertz CT molecular complexity index is 650. The van der Waals surface area contributed by atoms with Crippen molar-refractivity contribution >= 4 is 5.82 Å². The van der Waals surface area contributed by atoms with Gasteiger partial charge in [0.15, 0.2) is 0 Å². The minimum absolute atomic E-state index is 0.373. The third-order valence-electron chi connectivity index (χ3n) is 4.34. The fraction of sp³-hybridized carbons (Fsp3) is 0.588. The summed E-state index contributed by atoms with van der Waals surface area (Å²) in [6.45, 7) is 7.17. The molecule has 3 heterocycles. The summed E-state index contributed by atoms with van der Waals surface area (Å²) in [6.07, 6.45) is 7.65. The molecule has 124 valence electrons. The van der Waals surface area contributed by atoms with Crippen molar-refractivity contribution in [2.24, 2.45) is 0 Å². The molecular weight excluding hydrogens is 288 g/mol. The summed E-state index contributed by atoms with van der Waals surface area (Å²) in [6, 6.07) is 2.45. The van der Waals surface area contributed by atoms with E-state index in [0.717, 1.165) is 49.8 Å². The Morgan fingerprint density at radius 2 is 2.22 bits per heavy atom. The van der Waals surface area contributed by atoms with Crippen LogP contribution in [0.2, 0.25) is 0 Å². The third-order valence-corrected chi connectivity index (χ3v) is 4.34. The first-order valence-corrected chi connectivity index (χ1v) is 8.48. The number of aryl methyl sites for hydroxylation is 2. The molecule has 1 aliphatic rings. The SMILES string of the molecule is CCCn1cc(CN2CCC[C@H]2c2cc(NC)nc(C)n2)cn1. The fourth-order valence-corrected chi connectivity index (χ4v) is 3.31. The van der Waals surface area contributed by atoms with Gasteiger partial charge in [0, 0.05) is 38.0 Å². The molecule has 1 N–H and O–H groups in total. The van der Waals surface area contributed by atoms with Gasteiger partial charge in [0.25, 0.3) is 0 Å². The van der Waals surface area contributed by atoms with E-state index in [-0.39, 0.29) is 0 Å². The van der Waals surface area contributed by atoms with E-state index in [9.17, 15) is 0 Å². The van der Waals surface area contributed by atoms with Crippen LogP contribution in [0.15, 0.2) is 18.5 Å². The van der Waals surface area contributed by atoms with Crippen molar-refractivity contribution in [2.45, 2.75) is 52.2 Å². The topological polar surface area (TPSA) is 58.9 Å². The molecule has 0 unspecified atom stereocenters. The van der Waals surface area contributed by atoms with Crippen LogP contribution in [0.3, 0.4) is 0 Å². The van der Waals surface area contributed by atoms with E-state index in [1.807, 2.05) is 24.9 Å². The smallest absolute Gasteiger partial charge is 0.129 e. The highest BCUT2D eigenvalue weighted by atomic mass is 15.3. The van der Waals surface area contributed by atoms with Crippen LogP contribution < -0.4 is 5.32 Å². The summed E-state index contributed by atoms with van der Waals surface area (Å²) in [5.41, 5.74) is 2.41. The van der Waals surface area contributed by atoms with Crippen LogP contribution in [0.4, 0.5) is 5.82 Å². The van der Waals surface area contributed by atoms with Crippen molar-refractivity contribution in [3.63, 3.8) is 0 Å². The number of hydrogen-bond donors (Lipinski definition) is 1. The Hall–Kier alpha value is -1.95. The highest BCUT2D eigenvalue weighted by molar-refractivity contribution is 5.36. The van der Waals surface area contributed by atoms with Crippen LogP contribution in [0.1, 0.15) is 49.3 Å². The normalized spacial score (nSPS) is 18.5. The molecule has 0 spiro atoms. The Morgan fingerprint density at radius 1 is 1.35 bits per heavy atom. The number of rotatable bonds is 6. The second-order valence-electron chi connectivity index (χ2n) is 6.22. The van der Waals surface area contributed by atoms with E-state index in [1.54, 1.807) is 0 Å². The zero-order chi connectivity index (χ0) is 16.2. The van der Waals surface area contributed by atoms with Gasteiger partial charge in [-0.1, -0.05) is 6.92 Å². The van der Waals surface area contributed by atoms with Gasteiger partial charge in [-0.25, -0.2) is 9.97 Å². The van der Waals surface area contributed by atoms with E-state index in [2.05, 4.69) is 44.5 Å². The van der Waals surface area contributed by atoms with Gasteiger partial charge in [-0.05, 0) is 32.7 Å². The molecule has 0 bridgehead atoms. The molecule has 2 aromatic heterocycles. The molecule has 0 amide bonds. The van der Waals surface area contributed by atoms with Gasteiger partial charge in [0.2, 0.25) is 0 Å². The first-order chi connectivity index (χ1) is 11.2. The van der Waals surface area contributed by atoms with Gasteiger partial charge >= 0.3 is 0 Å². The van der Waals surface area contributed by atoms with Gasteiger partial charge in [-0.3, -0.25) is 9.58 Å². The van der Waals surface area contributed by atoms with Crippen molar-refractivity contribution in [3.8, 4) is 0 Å². The number of nitrogens with one attached hydrogen (secondary N) is 1. The van der Waals surface area contributed by atoms with Crippen LogP contribution in [0.25, 0.3) is 0 Å². The molecule has 0 radical (unpaired) electrons. The molecule has 6 nitrogen and oxygen atoms in total. The van der Waals surface area contributed by atoms with Crippen LogP contribution in [-0.2, 0) is 13.1 Å². The van der Waals surface area contributed by atoms with Gasteiger partial charge in [-0.15, -0.1) is 0 Å². The lowest BCUT2D eigenvalue weighted by Crippen LogP contribution is -2.23. The average molecular weight is 314 g/mol. The van der Waals surface area contributed by atoms with Crippen LogP contribution in [0.5, 0.6) is 0 Å². The van der Waals surface area contributed by atoms with Gasteiger partial charge < -0.3 is 5.32 Å². The quantitative estimate of drug-likeness (QED) is 0.888. The Kier molecular flexibility index (Phi) is 4.91. The first-order valence-electron chi connectivity index (χ1n) is 8.48. The number of aromatic nitrogens is 4. The second kappa shape index (κ2) is 7.08. The first kappa shape index (κ1) is 15.9. The van der Waals surface area contributed by atoms with E-state index in [0.29, 0.717) is 6.04 Å². The summed E-state index contributed by atoms with van der Waals surface area (Å²) in [4.78, 5) is 11.6. The lowest BCUT2D eigenvalue weighted by Gasteiger charge is -2.24. The third kappa shape index (κ3) is 3.69. The number of nitrogens with zero attached hydrogens (tertiary/aromatic N) is 5. The summed E-state index contributed by atoms with van der Waals surface area (Å²) in [7, 11) is 1.90. The molecule has 1 saturated heterocycles. The Morgan fingerprint density at radius 3 is 3.00 bits per heavy atom. The minimum atomic E-state index is 0.373. The van der Waals surface area contributed by atoms with Crippen LogP contribution in [-0.4, -0.2) is 38.2 Å². The Balaban J connectivity index is 1.75. The lowest BCUT2D eigenvalue weighted by atomic mass is 10.1. The average Bonchev–Trinajstić information content (AvgIpc) is 3.17. The predicted molar refractivity (Wildman–Crippen MR) is 91.2 cm³/mol. The number of likely N-dealkylation sites (tertiary alicyclic amines) is 1. The van der Waals surface area contributed by atoms with Crippen molar-refractivity contribution < 1.29 is 0 Å². The standard InChI is InChI=1S/C17H26N6/c1-4-7-23-12-14(10-19-23)11-22-8-5-6-16(22)15-9-17(18-3)21-13(2)20-15/h9-10,12,16H,4-8,11H2,1-3H3,(H,18,20,21)/t16-/m0/s1. The van der Waals surface area contributed by atoms with Crippen molar-refractivity contribution in [3.05, 3.63) is 35.5 Å². The molecule has 0 aromatic carbocycles. The molecule has 6 heteroatoms. The summed E-state index contributed by atoms with van der Waals surface area (Å²) >= 11 is 0. The van der Waals surface area contributed by atoms with E-state index in [4.69, 9.17) is 0 Å². The highest BCUT2D eigenvalue weighted by Crippen LogP contribution is 2.32. The Labute approximate surface area is 137 Å². The number of anilines is 1. The maximum Gasteiger partial charge on any atom is 0.129 e. The van der Waals surface area contributed by atoms with E-state index >= 15 is 0 Å². The lowest BCUT2D eigenvalue weighted by molar-refractivity contribution is 0.244. The molecule has 1 atom stereocenters. The molecule has 0 saturated carbocycles. The largest absolute Gasteiger partial charge is 0.373 e. The predicted octanol–water partition coefficient (Wildman–Crippen LogP) is 2.77. The van der Waals surface area contributed by atoms with E-state index in [1.165, 1.54) is 12.0 Å². The van der Waals surface area contributed by atoms with Gasteiger partial charge in [0.05, 0.1) is 17.9 Å². The monoisotopic (exact) mass is 314 g/mol. The van der Waals surface area contributed by atoms with Crippen molar-refractivity contribution in [2.75, 3.05) is 18.9 Å². The highest BCUT2D eigenvalue weighted by Gasteiger charge is 2.28. The molecule has 1 fully saturated rings. The molecule has 3 rings (SSSR count). The molecule has 23 heavy (non-hydrogen) atoms. The van der Waals surface area contributed by atoms with Crippen molar-refractivity contribution in [1.29, 1.82) is 0 Å². The fourth-order valence-electron chi connectivity index (χ4n) is 3.31. The summed E-state index contributed by atoms with van der Waals surface area (Å²) < 4.78 is 2.04. The van der Waals surface area contributed by atoms with Crippen molar-refractivity contribution in [1.82, 2.24) is 24.6 Å². The van der Waals surface area contributed by atoms with Gasteiger partial charge in [-0.2, -0.15) is 5.10 Å². The van der Waals surface area contributed by atoms with Crippen LogP contribution in [0, 0.1) is 6.92 Å². The minimum Gasteiger partial charge on any atom is -0.373 e. The molecule has 2 aromatic rings. The summed E-state index contributed by atoms with van der Waals surface area (Å²) in [5.74, 6) is 1.73. The zero-order valence-electron chi connectivity index (χ0n) is 14.3. The molecule has 0 aliphatic carbocycles. The molecule has 1 aliphatic heterocycles. The van der Waals surface area contributed by atoms with Gasteiger partial charge in [0.1, 0.15) is 11.6 Å².